The molecule has 148 valence electrons. The standard InChI is InChI=1S/C20H33NO4S/c1-21(14-16-25-18-9-5-3-4-6-10-18)13-8-15-24-19-11-7-12-20(17-19)26(2,22)23/h7,11-12,17-18H,3-6,8-10,13-16H2,1-2H3. The molecule has 0 aromatic heterocycles. The molecule has 0 saturated heterocycles. The van der Waals surface area contributed by atoms with E-state index in [-0.39, 0.29) is 0 Å². The number of nitrogens with zero attached hydrogens (tertiary/aromatic N) is 1. The lowest BCUT2D eigenvalue weighted by Crippen LogP contribution is -2.27. The first kappa shape index (κ1) is 21.2. The Balaban J connectivity index is 1.59. The van der Waals surface area contributed by atoms with E-state index in [2.05, 4.69) is 11.9 Å². The molecule has 1 aromatic carbocycles. The Morgan fingerprint density at radius 1 is 1.08 bits per heavy atom. The van der Waals surface area contributed by atoms with Crippen molar-refractivity contribution < 1.29 is 17.9 Å². The molecule has 6 heteroatoms. The number of likely N-dealkylation sites (N-methyl/N-ethyl adjacent to an activating group) is 1. The SMILES string of the molecule is CN(CCCOc1cccc(S(C)(=O)=O)c1)CCOC1CCCCCC1. The van der Waals surface area contributed by atoms with Crippen LogP contribution in [0.3, 0.4) is 0 Å². The Labute approximate surface area is 158 Å². The Morgan fingerprint density at radius 2 is 1.81 bits per heavy atom. The zero-order valence-electron chi connectivity index (χ0n) is 16.2. The van der Waals surface area contributed by atoms with Gasteiger partial charge in [0.15, 0.2) is 9.84 Å². The Hall–Kier alpha value is -1.11. The van der Waals surface area contributed by atoms with Crippen LogP contribution < -0.4 is 4.74 Å². The van der Waals surface area contributed by atoms with Crippen molar-refractivity contribution in [1.29, 1.82) is 0 Å². The average molecular weight is 384 g/mol. The lowest BCUT2D eigenvalue weighted by molar-refractivity contribution is 0.0318. The van der Waals surface area contributed by atoms with Crippen molar-refractivity contribution in [3.05, 3.63) is 24.3 Å². The summed E-state index contributed by atoms with van der Waals surface area (Å²) in [6.07, 6.45) is 10.3. The van der Waals surface area contributed by atoms with Crippen LogP contribution in [0.2, 0.25) is 0 Å². The molecule has 5 nitrogen and oxygen atoms in total. The summed E-state index contributed by atoms with van der Waals surface area (Å²) in [5, 5.41) is 0. The molecule has 1 aromatic rings. The molecule has 0 atom stereocenters. The number of hydrogen-bond acceptors (Lipinski definition) is 5. The van der Waals surface area contributed by atoms with E-state index in [1.54, 1.807) is 24.3 Å². The molecule has 26 heavy (non-hydrogen) atoms. The molecule has 0 heterocycles. The van der Waals surface area contributed by atoms with Gasteiger partial charge in [0.25, 0.3) is 0 Å². The van der Waals surface area contributed by atoms with Crippen molar-refractivity contribution in [2.75, 3.05) is 39.6 Å². The Bertz CT molecular complexity index is 624. The van der Waals surface area contributed by atoms with Gasteiger partial charge in [0.1, 0.15) is 5.75 Å². The van der Waals surface area contributed by atoms with Crippen LogP contribution >= 0.6 is 0 Å². The minimum atomic E-state index is -3.19. The number of hydrogen-bond donors (Lipinski definition) is 0. The molecule has 0 unspecified atom stereocenters. The highest BCUT2D eigenvalue weighted by atomic mass is 32.2. The van der Waals surface area contributed by atoms with Crippen LogP contribution in [0.15, 0.2) is 29.2 Å². The van der Waals surface area contributed by atoms with Crippen molar-refractivity contribution >= 4 is 9.84 Å². The fourth-order valence-electron chi connectivity index (χ4n) is 3.21. The molecule has 1 aliphatic carbocycles. The summed E-state index contributed by atoms with van der Waals surface area (Å²) in [7, 11) is -1.10. The van der Waals surface area contributed by atoms with Crippen LogP contribution in [0.5, 0.6) is 5.75 Å². The zero-order valence-corrected chi connectivity index (χ0v) is 17.0. The molecule has 0 radical (unpaired) electrons. The first-order valence-corrected chi connectivity index (χ1v) is 11.6. The van der Waals surface area contributed by atoms with E-state index in [1.807, 2.05) is 0 Å². The summed E-state index contributed by atoms with van der Waals surface area (Å²) in [6.45, 7) is 3.22. The van der Waals surface area contributed by atoms with Gasteiger partial charge in [0, 0.05) is 19.3 Å². The quantitative estimate of drug-likeness (QED) is 0.457. The van der Waals surface area contributed by atoms with Crippen LogP contribution in [0, 0.1) is 0 Å². The molecule has 0 N–H and O–H groups in total. The van der Waals surface area contributed by atoms with Gasteiger partial charge < -0.3 is 14.4 Å². The van der Waals surface area contributed by atoms with E-state index in [1.165, 1.54) is 44.8 Å². The number of ether oxygens (including phenoxy) is 2. The van der Waals surface area contributed by atoms with Crippen LogP contribution in [0.4, 0.5) is 0 Å². The molecule has 0 amide bonds. The van der Waals surface area contributed by atoms with E-state index in [9.17, 15) is 8.42 Å². The van der Waals surface area contributed by atoms with Crippen molar-refractivity contribution in [3.8, 4) is 5.75 Å². The predicted octanol–water partition coefficient (Wildman–Crippen LogP) is 3.53. The maximum absolute atomic E-state index is 11.6. The second-order valence-electron chi connectivity index (χ2n) is 7.24. The van der Waals surface area contributed by atoms with E-state index in [0.29, 0.717) is 23.4 Å². The van der Waals surface area contributed by atoms with E-state index >= 15 is 0 Å². The Morgan fingerprint density at radius 3 is 2.50 bits per heavy atom. The third-order valence-corrected chi connectivity index (χ3v) is 5.93. The number of sulfone groups is 1. The smallest absolute Gasteiger partial charge is 0.175 e. The highest BCUT2D eigenvalue weighted by Gasteiger charge is 2.12. The van der Waals surface area contributed by atoms with E-state index < -0.39 is 9.84 Å². The second-order valence-corrected chi connectivity index (χ2v) is 9.25. The fourth-order valence-corrected chi connectivity index (χ4v) is 3.87. The van der Waals surface area contributed by atoms with Crippen molar-refractivity contribution in [2.45, 2.75) is 55.9 Å². The molecule has 0 bridgehead atoms. The van der Waals surface area contributed by atoms with Crippen LogP contribution in [-0.2, 0) is 14.6 Å². The average Bonchev–Trinajstić information content (AvgIpc) is 2.87. The van der Waals surface area contributed by atoms with Crippen LogP contribution in [-0.4, -0.2) is 59.0 Å². The third-order valence-electron chi connectivity index (χ3n) is 4.82. The highest BCUT2D eigenvalue weighted by Crippen LogP contribution is 2.20. The monoisotopic (exact) mass is 383 g/mol. The highest BCUT2D eigenvalue weighted by molar-refractivity contribution is 7.90. The van der Waals surface area contributed by atoms with Gasteiger partial charge in [-0.3, -0.25) is 0 Å². The van der Waals surface area contributed by atoms with Crippen LogP contribution in [0.1, 0.15) is 44.9 Å². The minimum absolute atomic E-state index is 0.294. The molecule has 1 aliphatic rings. The van der Waals surface area contributed by atoms with Gasteiger partial charge in [-0.15, -0.1) is 0 Å². The van der Waals surface area contributed by atoms with Crippen LogP contribution in [0.25, 0.3) is 0 Å². The first-order chi connectivity index (χ1) is 12.4. The van der Waals surface area contributed by atoms with Crippen molar-refractivity contribution in [2.24, 2.45) is 0 Å². The van der Waals surface area contributed by atoms with Gasteiger partial charge in [-0.25, -0.2) is 8.42 Å². The molecule has 1 saturated carbocycles. The molecule has 2 rings (SSSR count). The van der Waals surface area contributed by atoms with Gasteiger partial charge in [0.2, 0.25) is 0 Å². The maximum Gasteiger partial charge on any atom is 0.175 e. The lowest BCUT2D eigenvalue weighted by atomic mass is 10.1. The minimum Gasteiger partial charge on any atom is -0.494 e. The maximum atomic E-state index is 11.6. The summed E-state index contributed by atoms with van der Waals surface area (Å²) in [4.78, 5) is 2.55. The van der Waals surface area contributed by atoms with E-state index in [4.69, 9.17) is 9.47 Å². The molecular weight excluding hydrogens is 350 g/mol. The van der Waals surface area contributed by atoms with Gasteiger partial charge >= 0.3 is 0 Å². The topological polar surface area (TPSA) is 55.8 Å². The van der Waals surface area contributed by atoms with Crippen molar-refractivity contribution in [1.82, 2.24) is 4.90 Å². The van der Waals surface area contributed by atoms with Gasteiger partial charge in [-0.05, 0) is 44.5 Å². The molecular formula is C20H33NO4S. The Kier molecular flexibility index (Phi) is 8.88. The molecule has 0 spiro atoms. The summed E-state index contributed by atoms with van der Waals surface area (Å²) < 4.78 is 34.8. The predicted molar refractivity (Wildman–Crippen MR) is 105 cm³/mol. The summed E-state index contributed by atoms with van der Waals surface area (Å²) in [5.74, 6) is 0.604. The normalized spacial score (nSPS) is 16.6. The summed E-state index contributed by atoms with van der Waals surface area (Å²) in [6, 6.07) is 6.67. The van der Waals surface area contributed by atoms with Gasteiger partial charge in [-0.1, -0.05) is 31.7 Å². The first-order valence-electron chi connectivity index (χ1n) is 9.68. The zero-order chi connectivity index (χ0) is 18.8. The van der Waals surface area contributed by atoms with Gasteiger partial charge in [-0.2, -0.15) is 0 Å². The fraction of sp³-hybridized carbons (Fsp3) is 0.700. The third kappa shape index (κ3) is 8.06. The van der Waals surface area contributed by atoms with E-state index in [0.717, 1.165) is 26.1 Å². The number of benzene rings is 1. The molecule has 0 aliphatic heterocycles. The largest absolute Gasteiger partial charge is 0.494 e. The molecule has 1 fully saturated rings. The summed E-state index contributed by atoms with van der Waals surface area (Å²) in [5.41, 5.74) is 0. The van der Waals surface area contributed by atoms with Gasteiger partial charge in [0.05, 0.1) is 24.2 Å². The number of rotatable bonds is 10. The second kappa shape index (κ2) is 10.9. The lowest BCUT2D eigenvalue weighted by Gasteiger charge is -2.20. The van der Waals surface area contributed by atoms with Crippen molar-refractivity contribution in [3.63, 3.8) is 0 Å². The summed E-state index contributed by atoms with van der Waals surface area (Å²) >= 11 is 0.